The Bertz CT molecular complexity index is 1430. The quantitative estimate of drug-likeness (QED) is 0.404. The van der Waals surface area contributed by atoms with Crippen molar-refractivity contribution < 1.29 is 23.4 Å². The maximum Gasteiger partial charge on any atom is 0.263 e. The number of hydrogen-bond acceptors (Lipinski definition) is 8. The van der Waals surface area contributed by atoms with E-state index in [4.69, 9.17) is 19.2 Å². The zero-order valence-electron chi connectivity index (χ0n) is 23.1. The average molecular weight is 572 g/mol. The first-order chi connectivity index (χ1) is 18.8. The molecule has 1 aliphatic carbocycles. The summed E-state index contributed by atoms with van der Waals surface area (Å²) in [5.41, 5.74) is 4.49. The van der Waals surface area contributed by atoms with Crippen molar-refractivity contribution in [2.45, 2.75) is 76.5 Å². The number of aryl methyl sites for hydroxylation is 1. The summed E-state index contributed by atoms with van der Waals surface area (Å²) < 4.78 is 32.3. The molecule has 0 spiro atoms. The zero-order valence-corrected chi connectivity index (χ0v) is 23.9. The van der Waals surface area contributed by atoms with Gasteiger partial charge in [0.2, 0.25) is 5.88 Å². The van der Waals surface area contributed by atoms with Gasteiger partial charge in [-0.3, -0.25) is 9.78 Å². The fraction of sp³-hybridized carbons (Fsp3) is 0.517. The monoisotopic (exact) mass is 571 g/mol. The Morgan fingerprint density at radius 2 is 1.98 bits per heavy atom. The fourth-order valence-corrected chi connectivity index (χ4v) is 6.33. The second kappa shape index (κ2) is 11.1. The van der Waals surface area contributed by atoms with Gasteiger partial charge in [-0.25, -0.2) is 14.4 Å². The number of amides is 1. The SMILES string of the molecule is CCc1c(CNC23CCC(CCc4c(F)cnc5ccc(OC)nc45)(CC2)OC3)nc2c(c1C)OCC(=O)N2.Cl. The molecule has 1 saturated carbocycles. The van der Waals surface area contributed by atoms with Gasteiger partial charge in [-0.05, 0) is 69.1 Å². The zero-order chi connectivity index (χ0) is 27.2. The van der Waals surface area contributed by atoms with Crippen LogP contribution in [-0.4, -0.2) is 52.3 Å². The molecule has 214 valence electrons. The van der Waals surface area contributed by atoms with Gasteiger partial charge in [0, 0.05) is 23.7 Å². The first kappa shape index (κ1) is 28.4. The summed E-state index contributed by atoms with van der Waals surface area (Å²) in [6, 6.07) is 3.55. The minimum Gasteiger partial charge on any atom is -0.481 e. The lowest BCUT2D eigenvalue weighted by molar-refractivity contribution is -0.165. The predicted octanol–water partition coefficient (Wildman–Crippen LogP) is 4.60. The normalized spacial score (nSPS) is 23.2. The van der Waals surface area contributed by atoms with Crippen molar-refractivity contribution in [1.82, 2.24) is 20.3 Å². The number of pyridine rings is 3. The Morgan fingerprint density at radius 1 is 1.18 bits per heavy atom. The lowest BCUT2D eigenvalue weighted by Crippen LogP contribution is -2.61. The van der Waals surface area contributed by atoms with Gasteiger partial charge in [-0.2, -0.15) is 0 Å². The highest BCUT2D eigenvalue weighted by Gasteiger charge is 2.49. The maximum atomic E-state index is 14.9. The summed E-state index contributed by atoms with van der Waals surface area (Å²) in [6.07, 6.45) is 7.12. The highest BCUT2D eigenvalue weighted by Crippen LogP contribution is 2.46. The second-order valence-electron chi connectivity index (χ2n) is 10.9. The van der Waals surface area contributed by atoms with Gasteiger partial charge in [0.1, 0.15) is 5.82 Å². The van der Waals surface area contributed by atoms with E-state index in [9.17, 15) is 9.18 Å². The smallest absolute Gasteiger partial charge is 0.263 e. The van der Waals surface area contributed by atoms with Crippen molar-refractivity contribution in [2.24, 2.45) is 0 Å². The molecule has 3 fully saturated rings. The van der Waals surface area contributed by atoms with E-state index in [0.29, 0.717) is 53.6 Å². The molecule has 2 saturated heterocycles. The van der Waals surface area contributed by atoms with Gasteiger partial charge in [0.25, 0.3) is 5.91 Å². The van der Waals surface area contributed by atoms with Crippen molar-refractivity contribution in [2.75, 3.05) is 25.6 Å². The van der Waals surface area contributed by atoms with Crippen molar-refractivity contribution in [3.63, 3.8) is 0 Å². The Morgan fingerprint density at radius 3 is 2.67 bits per heavy atom. The summed E-state index contributed by atoms with van der Waals surface area (Å²) in [6.45, 7) is 5.35. The van der Waals surface area contributed by atoms with E-state index >= 15 is 0 Å². The van der Waals surface area contributed by atoms with Crippen LogP contribution in [0.2, 0.25) is 0 Å². The summed E-state index contributed by atoms with van der Waals surface area (Å²) in [5.74, 6) is 1.09. The molecule has 40 heavy (non-hydrogen) atoms. The first-order valence-electron chi connectivity index (χ1n) is 13.7. The van der Waals surface area contributed by atoms with E-state index in [0.717, 1.165) is 55.3 Å². The predicted molar refractivity (Wildman–Crippen MR) is 151 cm³/mol. The molecule has 2 bridgehead atoms. The van der Waals surface area contributed by atoms with Crippen LogP contribution in [0.25, 0.3) is 11.0 Å². The number of hydrogen-bond donors (Lipinski definition) is 2. The molecule has 0 radical (unpaired) electrons. The number of ether oxygens (including phenoxy) is 3. The van der Waals surface area contributed by atoms with Gasteiger partial charge in [0.15, 0.2) is 18.2 Å². The summed E-state index contributed by atoms with van der Waals surface area (Å²) in [5, 5.41) is 6.61. The van der Waals surface area contributed by atoms with Crippen LogP contribution in [0.1, 0.15) is 61.4 Å². The number of carbonyl (C=O) groups is 1. The number of nitrogens with one attached hydrogen (secondary N) is 2. The van der Waals surface area contributed by atoms with E-state index in [1.54, 1.807) is 13.2 Å². The summed E-state index contributed by atoms with van der Waals surface area (Å²) >= 11 is 0. The molecule has 0 atom stereocenters. The van der Waals surface area contributed by atoms with Crippen LogP contribution in [0, 0.1) is 12.7 Å². The van der Waals surface area contributed by atoms with Crippen LogP contribution in [0.4, 0.5) is 10.2 Å². The Balaban J connectivity index is 0.00000323. The van der Waals surface area contributed by atoms with Crippen molar-refractivity contribution in [1.29, 1.82) is 0 Å². The molecule has 3 aromatic rings. The largest absolute Gasteiger partial charge is 0.481 e. The molecule has 3 aromatic heterocycles. The van der Waals surface area contributed by atoms with Crippen molar-refractivity contribution in [3.05, 3.63) is 46.5 Å². The van der Waals surface area contributed by atoms with E-state index in [-0.39, 0.29) is 41.9 Å². The van der Waals surface area contributed by atoms with Gasteiger partial charge in [-0.15, -0.1) is 12.4 Å². The molecule has 7 rings (SSSR count). The van der Waals surface area contributed by atoms with Crippen LogP contribution in [-0.2, 0) is 28.9 Å². The van der Waals surface area contributed by atoms with Crippen LogP contribution in [0.5, 0.6) is 11.6 Å². The number of halogens is 2. The highest BCUT2D eigenvalue weighted by molar-refractivity contribution is 5.94. The molecule has 2 N–H and O–H groups in total. The van der Waals surface area contributed by atoms with E-state index < -0.39 is 0 Å². The molecule has 0 unspecified atom stereocenters. The van der Waals surface area contributed by atoms with Crippen molar-refractivity contribution >= 4 is 35.2 Å². The number of nitrogens with zero attached hydrogens (tertiary/aromatic N) is 3. The van der Waals surface area contributed by atoms with Crippen LogP contribution >= 0.6 is 12.4 Å². The molecule has 11 heteroatoms. The topological polar surface area (TPSA) is 107 Å². The van der Waals surface area contributed by atoms with Crippen molar-refractivity contribution in [3.8, 4) is 11.6 Å². The Hall–Kier alpha value is -3.08. The third kappa shape index (κ3) is 5.08. The van der Waals surface area contributed by atoms with Crippen LogP contribution < -0.4 is 20.1 Å². The lowest BCUT2D eigenvalue weighted by atomic mass is 9.69. The van der Waals surface area contributed by atoms with Gasteiger partial charge < -0.3 is 24.8 Å². The number of rotatable bonds is 8. The Kier molecular flexibility index (Phi) is 7.87. The van der Waals surface area contributed by atoms with E-state index in [1.165, 1.54) is 6.20 Å². The highest BCUT2D eigenvalue weighted by atomic mass is 35.5. The number of methoxy groups -OCH3 is 1. The average Bonchev–Trinajstić information content (AvgIpc) is 2.96. The number of aromatic nitrogens is 3. The van der Waals surface area contributed by atoms with Gasteiger partial charge in [-0.1, -0.05) is 6.92 Å². The van der Waals surface area contributed by atoms with Crippen LogP contribution in [0.15, 0.2) is 18.3 Å². The van der Waals surface area contributed by atoms with Crippen LogP contribution in [0.3, 0.4) is 0 Å². The minimum absolute atomic E-state index is 0. The lowest BCUT2D eigenvalue weighted by Gasteiger charge is -2.53. The van der Waals surface area contributed by atoms with E-state index in [1.807, 2.05) is 13.0 Å². The molecule has 3 aliphatic heterocycles. The molecule has 1 amide bonds. The Labute approximate surface area is 239 Å². The molecular formula is C29H35ClFN5O4. The summed E-state index contributed by atoms with van der Waals surface area (Å²) in [7, 11) is 1.55. The number of anilines is 1. The fourth-order valence-electron chi connectivity index (χ4n) is 6.33. The molecule has 0 aromatic carbocycles. The van der Waals surface area contributed by atoms with Gasteiger partial charge in [0.05, 0.1) is 42.2 Å². The summed E-state index contributed by atoms with van der Waals surface area (Å²) in [4.78, 5) is 25.3. The first-order valence-corrected chi connectivity index (χ1v) is 13.7. The number of fused-ring (bicyclic) bond motifs is 5. The molecule has 9 nitrogen and oxygen atoms in total. The molecule has 4 aliphatic rings. The minimum atomic E-state index is -0.344. The van der Waals surface area contributed by atoms with Gasteiger partial charge >= 0.3 is 0 Å². The standard InChI is InChI=1S/C29H34FN5O4.ClH/c1-4-18-17(2)26-27(34-23(36)15-38-26)33-22(18)14-32-28-9-11-29(12-10-28,39-16-28)8-7-19-20(30)13-31-21-5-6-24(37-3)35-25(19)21;/h5-6,13,32H,4,7-12,14-16H2,1-3H3,(H,33,34,36);1H. The maximum absolute atomic E-state index is 14.9. The third-order valence-electron chi connectivity index (χ3n) is 8.75. The second-order valence-corrected chi connectivity index (χ2v) is 10.9. The third-order valence-corrected chi connectivity index (χ3v) is 8.75. The van der Waals surface area contributed by atoms with E-state index in [2.05, 4.69) is 27.5 Å². The molecule has 6 heterocycles. The molecular weight excluding hydrogens is 537 g/mol. The number of carbonyl (C=O) groups excluding carboxylic acids is 1.